The maximum atomic E-state index is 11.8. The van der Waals surface area contributed by atoms with E-state index >= 15 is 0 Å². The van der Waals surface area contributed by atoms with E-state index in [1.807, 2.05) is 0 Å². The van der Waals surface area contributed by atoms with Gasteiger partial charge in [-0.3, -0.25) is 4.79 Å². The fourth-order valence-electron chi connectivity index (χ4n) is 2.21. The first-order chi connectivity index (χ1) is 9.23. The van der Waals surface area contributed by atoms with Crippen LogP contribution in [0.5, 0.6) is 0 Å². The molecule has 0 heterocycles. The summed E-state index contributed by atoms with van der Waals surface area (Å²) < 4.78 is 5.15. The van der Waals surface area contributed by atoms with E-state index in [1.165, 1.54) is 0 Å². The number of ether oxygens (including phenoxy) is 1. The molecule has 0 aromatic heterocycles. The first kappa shape index (κ1) is 16.1. The highest BCUT2D eigenvalue weighted by molar-refractivity contribution is 5.71. The van der Waals surface area contributed by atoms with Gasteiger partial charge in [0.25, 0.3) is 0 Å². The predicted molar refractivity (Wildman–Crippen MR) is 69.2 cm³/mol. The van der Waals surface area contributed by atoms with Gasteiger partial charge in [-0.2, -0.15) is 0 Å². The highest BCUT2D eigenvalue weighted by Crippen LogP contribution is 2.27. The van der Waals surface area contributed by atoms with Crippen LogP contribution in [-0.4, -0.2) is 34.9 Å². The average Bonchev–Trinajstić information content (AvgIpc) is 2.28. The number of amides is 1. The minimum Gasteiger partial charge on any atom is -0.481 e. The molecule has 1 saturated carbocycles. The average molecular weight is 285 g/mol. The lowest BCUT2D eigenvalue weighted by molar-refractivity contribution is -0.143. The molecule has 1 aliphatic rings. The molecule has 1 aliphatic carbocycles. The number of aliphatic carboxylic acids is 1. The van der Waals surface area contributed by atoms with Gasteiger partial charge in [-0.15, -0.1) is 0 Å². The largest absolute Gasteiger partial charge is 0.481 e. The maximum Gasteiger partial charge on any atom is 0.407 e. The van der Waals surface area contributed by atoms with E-state index in [2.05, 4.69) is 15.3 Å². The Morgan fingerprint density at radius 2 is 2.05 bits per heavy atom. The third-order valence-corrected chi connectivity index (χ3v) is 3.07. The van der Waals surface area contributed by atoms with Crippen molar-refractivity contribution in [1.82, 2.24) is 10.2 Å². The van der Waals surface area contributed by atoms with Crippen LogP contribution in [0.25, 0.3) is 0 Å². The number of carbonyl (C=O) groups is 2. The molecule has 3 unspecified atom stereocenters. The quantitative estimate of drug-likeness (QED) is 0.538. The molecule has 1 rings (SSSR count). The molecule has 1 amide bonds. The lowest BCUT2D eigenvalue weighted by Gasteiger charge is -2.30. The fraction of sp³-hybridized carbons (Fsp3) is 0.833. The van der Waals surface area contributed by atoms with Crippen molar-refractivity contribution in [3.05, 3.63) is 0 Å². The molecule has 3 atom stereocenters. The maximum absolute atomic E-state index is 11.8. The first-order valence-corrected chi connectivity index (χ1v) is 6.52. The number of alkyl carbamates (subject to hydrolysis) is 1. The Morgan fingerprint density at radius 3 is 2.55 bits per heavy atom. The van der Waals surface area contributed by atoms with Crippen molar-refractivity contribution < 1.29 is 19.4 Å². The topological polar surface area (TPSA) is 126 Å². The predicted octanol–water partition coefficient (Wildman–Crippen LogP) is 1.68. The third kappa shape index (κ3) is 4.97. The lowest BCUT2D eigenvalue weighted by Crippen LogP contribution is -2.49. The van der Waals surface area contributed by atoms with Gasteiger partial charge in [0.15, 0.2) is 6.04 Å². The Morgan fingerprint density at radius 1 is 1.40 bits per heavy atom. The van der Waals surface area contributed by atoms with E-state index in [-0.39, 0.29) is 12.5 Å². The van der Waals surface area contributed by atoms with Crippen LogP contribution in [0.3, 0.4) is 0 Å². The summed E-state index contributed by atoms with van der Waals surface area (Å²) in [6, 6.07) is -0.857. The zero-order valence-corrected chi connectivity index (χ0v) is 11.9. The summed E-state index contributed by atoms with van der Waals surface area (Å²) >= 11 is 0. The first-order valence-electron chi connectivity index (χ1n) is 6.52. The van der Waals surface area contributed by atoms with Gasteiger partial charge >= 0.3 is 12.1 Å². The Labute approximate surface area is 117 Å². The fourth-order valence-corrected chi connectivity index (χ4v) is 2.21. The second-order valence-corrected chi connectivity index (χ2v) is 5.88. The zero-order valence-electron chi connectivity index (χ0n) is 11.9. The van der Waals surface area contributed by atoms with Crippen molar-refractivity contribution >= 4 is 12.1 Å². The second-order valence-electron chi connectivity index (χ2n) is 5.88. The summed E-state index contributed by atoms with van der Waals surface area (Å²) in [6.07, 6.45) is 0.586. The van der Waals surface area contributed by atoms with Crippen LogP contribution < -0.4 is 10.2 Å². The van der Waals surface area contributed by atoms with Crippen LogP contribution in [-0.2, 0) is 9.53 Å². The Balaban J connectivity index is 2.71. The molecule has 0 bridgehead atoms. The van der Waals surface area contributed by atoms with Crippen LogP contribution >= 0.6 is 0 Å². The summed E-state index contributed by atoms with van der Waals surface area (Å²) in [5.74, 6) is -1.41. The summed E-state index contributed by atoms with van der Waals surface area (Å²) in [5, 5.41) is 15.4. The normalized spacial score (nSPS) is 26.2. The number of hydrogen-bond acceptors (Lipinski definition) is 5. The summed E-state index contributed by atoms with van der Waals surface area (Å²) in [5.41, 5.74) is 6.16. The SMILES string of the molecule is CC(C)(C)OC(=O)NC1CC(C(=O)O)CCC1N=[N+]=N. The van der Waals surface area contributed by atoms with Gasteiger partial charge in [-0.1, -0.05) is 0 Å². The van der Waals surface area contributed by atoms with Crippen LogP contribution in [0.4, 0.5) is 4.79 Å². The number of nitrogens with zero attached hydrogens (tertiary/aromatic N) is 2. The van der Waals surface area contributed by atoms with Gasteiger partial charge in [0.1, 0.15) is 16.2 Å². The van der Waals surface area contributed by atoms with Crippen LogP contribution in [0.2, 0.25) is 0 Å². The van der Waals surface area contributed by atoms with Gasteiger partial charge in [-0.05, 0) is 40.0 Å². The second kappa shape index (κ2) is 6.47. The molecule has 112 valence electrons. The summed E-state index contributed by atoms with van der Waals surface area (Å²) in [6.45, 7) is 5.23. The number of nitrogens with one attached hydrogen (secondary N) is 2. The molecule has 0 aromatic carbocycles. The Kier molecular flexibility index (Phi) is 5.21. The molecule has 3 N–H and O–H groups in total. The zero-order chi connectivity index (χ0) is 15.3. The molecule has 0 aromatic rings. The van der Waals surface area contributed by atoms with Crippen molar-refractivity contribution in [2.24, 2.45) is 11.0 Å². The summed E-state index contributed by atoms with van der Waals surface area (Å²) in [4.78, 5) is 25.8. The number of rotatable bonds is 3. The molecule has 0 spiro atoms. The smallest absolute Gasteiger partial charge is 0.407 e. The molecular weight excluding hydrogens is 264 g/mol. The van der Waals surface area contributed by atoms with E-state index in [0.717, 1.165) is 0 Å². The standard InChI is InChI=1S/C12H20N4O4/c1-12(2,3)20-11(19)14-9-6-7(10(17)18)4-5-8(9)15-16-13/h7-9,13H,4-6H2,1-3H3,(H-,14,17,18,19)/p+1. The van der Waals surface area contributed by atoms with Crippen molar-refractivity contribution in [3.8, 4) is 0 Å². The Hall–Kier alpha value is -1.95. The molecule has 1 fully saturated rings. The van der Waals surface area contributed by atoms with Gasteiger partial charge in [0.05, 0.1) is 12.0 Å². The minimum absolute atomic E-state index is 0.262. The molecule has 0 aliphatic heterocycles. The van der Waals surface area contributed by atoms with E-state index in [1.54, 1.807) is 20.8 Å². The minimum atomic E-state index is -0.887. The lowest BCUT2D eigenvalue weighted by atomic mass is 9.83. The number of carbonyl (C=O) groups excluding carboxylic acids is 1. The van der Waals surface area contributed by atoms with E-state index in [4.69, 9.17) is 15.4 Å². The monoisotopic (exact) mass is 285 g/mol. The van der Waals surface area contributed by atoms with Crippen LogP contribution in [0, 0.1) is 11.4 Å². The molecule has 0 radical (unpaired) electrons. The highest BCUT2D eigenvalue weighted by Gasteiger charge is 2.38. The van der Waals surface area contributed by atoms with E-state index in [0.29, 0.717) is 12.8 Å². The molecule has 8 heteroatoms. The summed E-state index contributed by atoms with van der Waals surface area (Å²) in [7, 11) is 0. The van der Waals surface area contributed by atoms with Crippen molar-refractivity contribution in [2.45, 2.75) is 57.7 Å². The third-order valence-electron chi connectivity index (χ3n) is 3.07. The van der Waals surface area contributed by atoms with Gasteiger partial charge in [0.2, 0.25) is 4.91 Å². The van der Waals surface area contributed by atoms with E-state index in [9.17, 15) is 9.59 Å². The van der Waals surface area contributed by atoms with E-state index < -0.39 is 29.6 Å². The number of hydrogen-bond donors (Lipinski definition) is 3. The molecule has 0 saturated heterocycles. The molecule has 20 heavy (non-hydrogen) atoms. The van der Waals surface area contributed by atoms with Crippen molar-refractivity contribution in [3.63, 3.8) is 0 Å². The van der Waals surface area contributed by atoms with Gasteiger partial charge in [0, 0.05) is 0 Å². The Bertz CT molecular complexity index is 426. The van der Waals surface area contributed by atoms with Crippen molar-refractivity contribution in [2.75, 3.05) is 0 Å². The molecule has 8 nitrogen and oxygen atoms in total. The number of carboxylic acids is 1. The van der Waals surface area contributed by atoms with Crippen LogP contribution in [0.1, 0.15) is 40.0 Å². The number of carboxylic acid groups (broad SMARTS) is 1. The van der Waals surface area contributed by atoms with Gasteiger partial charge < -0.3 is 15.2 Å². The highest BCUT2D eigenvalue weighted by atomic mass is 16.6. The van der Waals surface area contributed by atoms with Crippen molar-refractivity contribution in [1.29, 1.82) is 5.53 Å². The molecular formula is C12H21N4O4+. The van der Waals surface area contributed by atoms with Gasteiger partial charge in [-0.25, -0.2) is 4.79 Å². The van der Waals surface area contributed by atoms with Crippen LogP contribution in [0.15, 0.2) is 5.11 Å².